The first-order valence-electron chi connectivity index (χ1n) is 11.7. The van der Waals surface area contributed by atoms with E-state index in [-0.39, 0.29) is 5.56 Å². The third-order valence-electron chi connectivity index (χ3n) is 6.69. The minimum atomic E-state index is -0.0198. The van der Waals surface area contributed by atoms with Crippen molar-refractivity contribution >= 4 is 28.2 Å². The van der Waals surface area contributed by atoms with E-state index in [2.05, 4.69) is 65.4 Å². The lowest BCUT2D eigenvalue weighted by Crippen LogP contribution is -2.47. The molecular weight excluding hydrogens is 414 g/mol. The summed E-state index contributed by atoms with van der Waals surface area (Å²) in [5.74, 6) is 0. The second-order valence-corrected chi connectivity index (χ2v) is 9.42. The molecule has 1 saturated carbocycles. The van der Waals surface area contributed by atoms with Gasteiger partial charge in [0.25, 0.3) is 5.56 Å². The molecule has 4 rings (SSSR count). The van der Waals surface area contributed by atoms with Crippen molar-refractivity contribution in [2.75, 3.05) is 6.54 Å². The number of thiocarbonyl (C=S) groups is 1. The number of hydrogen-bond acceptors (Lipinski definition) is 2. The van der Waals surface area contributed by atoms with Gasteiger partial charge < -0.3 is 15.2 Å². The van der Waals surface area contributed by atoms with E-state index >= 15 is 0 Å². The molecule has 0 radical (unpaired) electrons. The first kappa shape index (κ1) is 22.5. The molecule has 1 heterocycles. The van der Waals surface area contributed by atoms with Crippen LogP contribution in [-0.4, -0.2) is 27.6 Å². The molecule has 0 atom stereocenters. The Balaban J connectivity index is 1.53. The molecule has 32 heavy (non-hydrogen) atoms. The zero-order chi connectivity index (χ0) is 22.5. The Morgan fingerprint density at radius 2 is 1.78 bits per heavy atom. The molecule has 1 aliphatic rings. The third-order valence-corrected chi connectivity index (χ3v) is 7.06. The molecule has 2 N–H and O–H groups in total. The normalized spacial score (nSPS) is 14.4. The molecule has 1 aromatic heterocycles. The maximum atomic E-state index is 12.9. The summed E-state index contributed by atoms with van der Waals surface area (Å²) in [6.45, 7) is 5.52. The minimum absolute atomic E-state index is 0.0198. The van der Waals surface area contributed by atoms with Gasteiger partial charge in [-0.25, -0.2) is 0 Å². The van der Waals surface area contributed by atoms with Gasteiger partial charge in [-0.2, -0.15) is 0 Å². The van der Waals surface area contributed by atoms with E-state index in [1.165, 1.54) is 36.0 Å². The predicted molar refractivity (Wildman–Crippen MR) is 137 cm³/mol. The largest absolute Gasteiger partial charge is 0.362 e. The van der Waals surface area contributed by atoms with Gasteiger partial charge in [-0.1, -0.05) is 49.6 Å². The van der Waals surface area contributed by atoms with Gasteiger partial charge in [-0.3, -0.25) is 4.79 Å². The Morgan fingerprint density at radius 1 is 1.06 bits per heavy atom. The van der Waals surface area contributed by atoms with Crippen LogP contribution in [0.3, 0.4) is 0 Å². The maximum Gasteiger partial charge on any atom is 0.253 e. The molecule has 0 amide bonds. The van der Waals surface area contributed by atoms with Crippen LogP contribution in [0.15, 0.2) is 53.3 Å². The molecule has 2 aromatic carbocycles. The number of nitrogens with one attached hydrogen (secondary N) is 2. The number of aromatic nitrogens is 1. The van der Waals surface area contributed by atoms with Crippen LogP contribution >= 0.6 is 12.2 Å². The smallest absolute Gasteiger partial charge is 0.253 e. The van der Waals surface area contributed by atoms with Crippen LogP contribution in [0.4, 0.5) is 0 Å². The number of aryl methyl sites for hydroxylation is 2. The van der Waals surface area contributed by atoms with Crippen molar-refractivity contribution < 1.29 is 0 Å². The van der Waals surface area contributed by atoms with Crippen molar-refractivity contribution in [2.24, 2.45) is 0 Å². The molecule has 0 aliphatic heterocycles. The lowest BCUT2D eigenvalue weighted by molar-refractivity contribution is 0.234. The Labute approximate surface area is 196 Å². The van der Waals surface area contributed by atoms with Crippen molar-refractivity contribution in [3.63, 3.8) is 0 Å². The van der Waals surface area contributed by atoms with Gasteiger partial charge in [-0.15, -0.1) is 0 Å². The number of rotatable bonds is 6. The van der Waals surface area contributed by atoms with Gasteiger partial charge in [0.2, 0.25) is 0 Å². The summed E-state index contributed by atoms with van der Waals surface area (Å²) in [4.78, 5) is 18.3. The highest BCUT2D eigenvalue weighted by molar-refractivity contribution is 7.80. The van der Waals surface area contributed by atoms with Gasteiger partial charge in [0.1, 0.15) is 0 Å². The van der Waals surface area contributed by atoms with E-state index in [0.717, 1.165) is 47.4 Å². The summed E-state index contributed by atoms with van der Waals surface area (Å²) >= 11 is 5.85. The van der Waals surface area contributed by atoms with Crippen molar-refractivity contribution in [1.82, 2.24) is 15.2 Å². The number of H-pyrrole nitrogens is 1. The minimum Gasteiger partial charge on any atom is -0.362 e. The Bertz CT molecular complexity index is 1130. The number of nitrogens with zero attached hydrogens (tertiary/aromatic N) is 1. The second-order valence-electron chi connectivity index (χ2n) is 9.03. The molecule has 4 nitrogen and oxygen atoms in total. The average Bonchev–Trinajstić information content (AvgIpc) is 2.80. The Kier molecular flexibility index (Phi) is 7.26. The van der Waals surface area contributed by atoms with Crippen LogP contribution in [0.2, 0.25) is 0 Å². The van der Waals surface area contributed by atoms with Crippen LogP contribution in [-0.2, 0) is 13.0 Å². The predicted octanol–water partition coefficient (Wildman–Crippen LogP) is 5.40. The molecule has 5 heteroatoms. The fraction of sp³-hybridized carbons (Fsp3) is 0.407. The Hall–Kier alpha value is -2.66. The van der Waals surface area contributed by atoms with Crippen LogP contribution in [0.25, 0.3) is 10.9 Å². The van der Waals surface area contributed by atoms with Gasteiger partial charge >= 0.3 is 0 Å². The van der Waals surface area contributed by atoms with Crippen molar-refractivity contribution in [3.8, 4) is 0 Å². The van der Waals surface area contributed by atoms with E-state index in [1.54, 1.807) is 0 Å². The van der Waals surface area contributed by atoms with E-state index in [1.807, 2.05) is 12.1 Å². The van der Waals surface area contributed by atoms with Gasteiger partial charge in [0.15, 0.2) is 5.11 Å². The van der Waals surface area contributed by atoms with Crippen LogP contribution < -0.4 is 10.9 Å². The Morgan fingerprint density at radius 3 is 2.53 bits per heavy atom. The van der Waals surface area contributed by atoms with Crippen LogP contribution in [0, 0.1) is 13.8 Å². The molecule has 1 fully saturated rings. The summed E-state index contributed by atoms with van der Waals surface area (Å²) < 4.78 is 0. The number of benzene rings is 2. The third kappa shape index (κ3) is 5.39. The number of aromatic amines is 1. The molecule has 0 spiro atoms. The van der Waals surface area contributed by atoms with E-state index in [4.69, 9.17) is 12.2 Å². The molecule has 0 unspecified atom stereocenters. The lowest BCUT2D eigenvalue weighted by Gasteiger charge is -2.36. The first-order valence-corrected chi connectivity index (χ1v) is 12.1. The van der Waals surface area contributed by atoms with E-state index in [9.17, 15) is 4.79 Å². The highest BCUT2D eigenvalue weighted by Crippen LogP contribution is 2.25. The van der Waals surface area contributed by atoms with E-state index < -0.39 is 0 Å². The number of hydrogen-bond donors (Lipinski definition) is 2. The van der Waals surface area contributed by atoms with Gasteiger partial charge in [0.05, 0.1) is 6.54 Å². The van der Waals surface area contributed by atoms with Crippen molar-refractivity contribution in [1.29, 1.82) is 0 Å². The maximum absolute atomic E-state index is 12.9. The van der Waals surface area contributed by atoms with Crippen LogP contribution in [0.5, 0.6) is 0 Å². The zero-order valence-electron chi connectivity index (χ0n) is 19.1. The zero-order valence-corrected chi connectivity index (χ0v) is 19.9. The molecule has 0 bridgehead atoms. The van der Waals surface area contributed by atoms with Crippen molar-refractivity contribution in [2.45, 2.75) is 65.0 Å². The average molecular weight is 448 g/mol. The topological polar surface area (TPSA) is 48.1 Å². The molecule has 1 aliphatic carbocycles. The van der Waals surface area contributed by atoms with Crippen LogP contribution in [0.1, 0.15) is 54.4 Å². The highest BCUT2D eigenvalue weighted by Gasteiger charge is 2.24. The second kappa shape index (κ2) is 10.3. The summed E-state index contributed by atoms with van der Waals surface area (Å²) in [7, 11) is 0. The lowest BCUT2D eigenvalue weighted by atomic mass is 9.94. The number of pyridine rings is 1. The van der Waals surface area contributed by atoms with Crippen molar-refractivity contribution in [3.05, 3.63) is 81.1 Å². The molecule has 168 valence electrons. The fourth-order valence-electron chi connectivity index (χ4n) is 4.64. The monoisotopic (exact) mass is 447 g/mol. The quantitative estimate of drug-likeness (QED) is 0.497. The summed E-state index contributed by atoms with van der Waals surface area (Å²) in [5.41, 5.74) is 5.37. The SMILES string of the molecule is Cc1cc2cc(CN(C(=S)NCCc3ccccc3)C3CCCCC3)c(=O)[nH]c2cc1C. The summed E-state index contributed by atoms with van der Waals surface area (Å²) in [5, 5.41) is 5.30. The summed E-state index contributed by atoms with van der Waals surface area (Å²) in [6, 6.07) is 17.1. The number of fused-ring (bicyclic) bond motifs is 1. The van der Waals surface area contributed by atoms with Gasteiger partial charge in [-0.05, 0) is 85.6 Å². The summed E-state index contributed by atoms with van der Waals surface area (Å²) in [6.07, 6.45) is 6.91. The van der Waals surface area contributed by atoms with E-state index in [0.29, 0.717) is 12.6 Å². The fourth-order valence-corrected chi connectivity index (χ4v) is 4.96. The molecule has 3 aromatic rings. The highest BCUT2D eigenvalue weighted by atomic mass is 32.1. The first-order chi connectivity index (χ1) is 15.5. The standard InChI is InChI=1S/C27H33N3OS/c1-19-15-22-17-23(26(31)29-25(22)16-20(19)2)18-30(24-11-7-4-8-12-24)27(32)28-14-13-21-9-5-3-6-10-21/h3,5-6,9-10,15-17,24H,4,7-8,11-14,18H2,1-2H3,(H,28,32)(H,29,31). The van der Waals surface area contributed by atoms with Gasteiger partial charge in [0, 0.05) is 23.7 Å². The molecular formula is C27H33N3OS. The molecule has 0 saturated heterocycles.